The fraction of sp³-hybridized carbons (Fsp3) is 0.0800. The Morgan fingerprint density at radius 1 is 0.871 bits per heavy atom. The van der Waals surface area contributed by atoms with E-state index in [1.54, 1.807) is 36.4 Å². The van der Waals surface area contributed by atoms with Gasteiger partial charge in [0, 0.05) is 12.1 Å². The molecule has 0 radical (unpaired) electrons. The summed E-state index contributed by atoms with van der Waals surface area (Å²) in [5, 5.41) is 0.246. The molecule has 0 atom stereocenters. The molecule has 0 fully saturated rings. The fourth-order valence-electron chi connectivity index (χ4n) is 3.70. The summed E-state index contributed by atoms with van der Waals surface area (Å²) in [5.41, 5.74) is 1.06. The first-order valence-electron chi connectivity index (χ1n) is 9.88. The minimum atomic E-state index is -0.472. The maximum absolute atomic E-state index is 13.5. The minimum Gasteiger partial charge on any atom is -0.437 e. The van der Waals surface area contributed by atoms with Crippen LogP contribution < -0.4 is 11.0 Å². The number of fused-ring (bicyclic) bond motifs is 2. The smallest absolute Gasteiger partial charge is 0.269 e. The zero-order chi connectivity index (χ0) is 21.4. The number of benzene rings is 3. The molecule has 0 saturated heterocycles. The Kier molecular flexibility index (Phi) is 4.67. The molecule has 3 aromatic carbocycles. The first-order chi connectivity index (χ1) is 15.1. The number of aryl methyl sites for hydroxylation is 1. The van der Waals surface area contributed by atoms with E-state index in [0.29, 0.717) is 35.3 Å². The van der Waals surface area contributed by atoms with Crippen molar-refractivity contribution in [3.63, 3.8) is 0 Å². The maximum atomic E-state index is 13.5. The summed E-state index contributed by atoms with van der Waals surface area (Å²) >= 11 is 0. The zero-order valence-electron chi connectivity index (χ0n) is 16.4. The summed E-state index contributed by atoms with van der Waals surface area (Å²) in [6.07, 6.45) is 0.570. The molecule has 152 valence electrons. The number of hydrogen-bond donors (Lipinski definition) is 0. The van der Waals surface area contributed by atoms with Crippen molar-refractivity contribution in [3.8, 4) is 11.4 Å². The average molecular weight is 412 g/mol. The highest BCUT2D eigenvalue weighted by Crippen LogP contribution is 2.21. The Morgan fingerprint density at radius 3 is 2.35 bits per heavy atom. The molecular weight excluding hydrogens is 395 g/mol. The van der Waals surface area contributed by atoms with Crippen LogP contribution in [0.2, 0.25) is 0 Å². The van der Waals surface area contributed by atoms with Crippen molar-refractivity contribution in [2.24, 2.45) is 0 Å². The Morgan fingerprint density at radius 2 is 1.58 bits per heavy atom. The van der Waals surface area contributed by atoms with E-state index in [4.69, 9.17) is 4.42 Å². The molecule has 0 aliphatic rings. The number of para-hydroxylation sites is 1. The highest BCUT2D eigenvalue weighted by molar-refractivity contribution is 5.88. The quantitative estimate of drug-likeness (QED) is 0.406. The molecule has 2 aromatic heterocycles. The average Bonchev–Trinajstić information content (AvgIpc) is 2.79. The van der Waals surface area contributed by atoms with E-state index in [9.17, 15) is 14.0 Å². The van der Waals surface area contributed by atoms with Crippen LogP contribution in [0, 0.1) is 5.82 Å². The molecule has 5 rings (SSSR count). The lowest BCUT2D eigenvalue weighted by atomic mass is 10.1. The van der Waals surface area contributed by atoms with Crippen molar-refractivity contribution >= 4 is 22.1 Å². The largest absolute Gasteiger partial charge is 0.437 e. The Bertz CT molecular complexity index is 1520. The van der Waals surface area contributed by atoms with Gasteiger partial charge in [0.15, 0.2) is 5.39 Å². The highest BCUT2D eigenvalue weighted by atomic mass is 19.1. The number of aromatic nitrogens is 2. The molecule has 5 aromatic rings. The van der Waals surface area contributed by atoms with Gasteiger partial charge in [-0.3, -0.25) is 14.2 Å². The van der Waals surface area contributed by atoms with Crippen molar-refractivity contribution < 1.29 is 8.81 Å². The minimum absolute atomic E-state index is 0.0241. The van der Waals surface area contributed by atoms with Crippen molar-refractivity contribution in [1.82, 2.24) is 9.55 Å². The summed E-state index contributed by atoms with van der Waals surface area (Å²) < 4.78 is 20.8. The molecule has 31 heavy (non-hydrogen) atoms. The van der Waals surface area contributed by atoms with Crippen LogP contribution in [0.4, 0.5) is 4.39 Å². The molecule has 2 heterocycles. The lowest BCUT2D eigenvalue weighted by Crippen LogP contribution is -2.28. The molecule has 0 spiro atoms. The van der Waals surface area contributed by atoms with Crippen LogP contribution in [0.15, 0.2) is 92.9 Å². The van der Waals surface area contributed by atoms with Crippen LogP contribution in [0.5, 0.6) is 0 Å². The number of hydrogen-bond acceptors (Lipinski definition) is 4. The summed E-state index contributed by atoms with van der Waals surface area (Å²) in [6.45, 7) is 0.310. The maximum Gasteiger partial charge on any atom is 0.269 e. The molecule has 6 heteroatoms. The molecule has 0 aliphatic heterocycles. The van der Waals surface area contributed by atoms with Gasteiger partial charge in [0.1, 0.15) is 17.2 Å². The van der Waals surface area contributed by atoms with E-state index < -0.39 is 11.0 Å². The van der Waals surface area contributed by atoms with Crippen LogP contribution in [0.25, 0.3) is 33.5 Å². The van der Waals surface area contributed by atoms with Crippen LogP contribution >= 0.6 is 0 Å². The summed E-state index contributed by atoms with van der Waals surface area (Å²) in [5.74, 6) is -0.0629. The second-order valence-corrected chi connectivity index (χ2v) is 7.24. The van der Waals surface area contributed by atoms with Crippen LogP contribution in [0.3, 0.4) is 0 Å². The van der Waals surface area contributed by atoms with Gasteiger partial charge >= 0.3 is 0 Å². The molecule has 0 bridgehead atoms. The third-order valence-corrected chi connectivity index (χ3v) is 5.27. The topological polar surface area (TPSA) is 65.1 Å². The van der Waals surface area contributed by atoms with Crippen molar-refractivity contribution in [1.29, 1.82) is 0 Å². The van der Waals surface area contributed by atoms with Crippen LogP contribution in [0.1, 0.15) is 5.56 Å². The summed E-state index contributed by atoms with van der Waals surface area (Å²) in [7, 11) is 0. The van der Waals surface area contributed by atoms with Crippen LogP contribution in [-0.4, -0.2) is 9.55 Å². The third kappa shape index (κ3) is 3.42. The van der Waals surface area contributed by atoms with Gasteiger partial charge in [-0.1, -0.05) is 42.5 Å². The molecule has 0 N–H and O–H groups in total. The summed E-state index contributed by atoms with van der Waals surface area (Å²) in [6, 6.07) is 22.2. The highest BCUT2D eigenvalue weighted by Gasteiger charge is 2.19. The second kappa shape index (κ2) is 7.65. The predicted octanol–water partition coefficient (Wildman–Crippen LogP) is 4.55. The van der Waals surface area contributed by atoms with Gasteiger partial charge < -0.3 is 4.42 Å². The van der Waals surface area contributed by atoms with E-state index in [-0.39, 0.29) is 16.9 Å². The third-order valence-electron chi connectivity index (χ3n) is 5.27. The Hall–Kier alpha value is -4.06. The molecule has 0 unspecified atom stereocenters. The van der Waals surface area contributed by atoms with Crippen molar-refractivity contribution in [2.45, 2.75) is 13.0 Å². The molecule has 0 amide bonds. The van der Waals surface area contributed by atoms with Gasteiger partial charge in [-0.25, -0.2) is 4.39 Å². The molecule has 5 nitrogen and oxygen atoms in total. The monoisotopic (exact) mass is 412 g/mol. The van der Waals surface area contributed by atoms with E-state index >= 15 is 0 Å². The standard InChI is InChI=1S/C25H17FN2O3/c26-18-12-10-17(11-13-18)23-27-24-21(22(29)19-8-4-5-9-20(19)31-24)25(30)28(23)15-14-16-6-2-1-3-7-16/h1-13H,14-15H2. The fourth-order valence-corrected chi connectivity index (χ4v) is 3.70. The van der Waals surface area contributed by atoms with E-state index in [2.05, 4.69) is 4.98 Å². The van der Waals surface area contributed by atoms with Crippen molar-refractivity contribution in [3.05, 3.63) is 111 Å². The number of halogens is 1. The first-order valence-corrected chi connectivity index (χ1v) is 9.88. The predicted molar refractivity (Wildman–Crippen MR) is 118 cm³/mol. The molecule has 0 saturated carbocycles. The Balaban J connectivity index is 1.77. The van der Waals surface area contributed by atoms with E-state index in [0.717, 1.165) is 5.56 Å². The van der Waals surface area contributed by atoms with Gasteiger partial charge in [-0.15, -0.1) is 0 Å². The first kappa shape index (κ1) is 18.9. The lowest BCUT2D eigenvalue weighted by molar-refractivity contribution is 0.621. The van der Waals surface area contributed by atoms with Gasteiger partial charge in [-0.05, 0) is 48.4 Å². The summed E-state index contributed by atoms with van der Waals surface area (Å²) in [4.78, 5) is 31.1. The normalized spacial score (nSPS) is 11.3. The van der Waals surface area contributed by atoms with Gasteiger partial charge in [0.25, 0.3) is 5.56 Å². The Labute approximate surface area is 176 Å². The lowest BCUT2D eigenvalue weighted by Gasteiger charge is -2.13. The number of nitrogens with zero attached hydrogens (tertiary/aromatic N) is 2. The SMILES string of the molecule is O=c1c2ccccc2oc2nc(-c3ccc(F)cc3)n(CCc3ccccc3)c(=O)c12. The zero-order valence-corrected chi connectivity index (χ0v) is 16.4. The van der Waals surface area contributed by atoms with Gasteiger partial charge in [-0.2, -0.15) is 4.98 Å². The second-order valence-electron chi connectivity index (χ2n) is 7.24. The van der Waals surface area contributed by atoms with E-state index in [1.807, 2.05) is 30.3 Å². The van der Waals surface area contributed by atoms with Crippen LogP contribution in [-0.2, 0) is 13.0 Å². The van der Waals surface area contributed by atoms with E-state index in [1.165, 1.54) is 16.7 Å². The van der Waals surface area contributed by atoms with Gasteiger partial charge in [0.05, 0.1) is 5.39 Å². The van der Waals surface area contributed by atoms with Crippen molar-refractivity contribution in [2.75, 3.05) is 0 Å². The molecule has 0 aliphatic carbocycles. The number of rotatable bonds is 4. The van der Waals surface area contributed by atoms with Gasteiger partial charge in [0.2, 0.25) is 11.1 Å². The molecular formula is C25H17FN2O3.